The van der Waals surface area contributed by atoms with Gasteiger partial charge in [0.1, 0.15) is 11.6 Å². The molecule has 0 unspecified atom stereocenters. The predicted octanol–water partition coefficient (Wildman–Crippen LogP) is 5.90. The van der Waals surface area contributed by atoms with Crippen LogP contribution in [0.5, 0.6) is 5.75 Å². The Kier molecular flexibility index (Phi) is 6.02. The second-order valence-corrected chi connectivity index (χ2v) is 8.88. The average molecular weight is 500 g/mol. The molecule has 0 saturated carbocycles. The number of hydrogen-bond donors (Lipinski definition) is 1. The molecule has 2 heterocycles. The summed E-state index contributed by atoms with van der Waals surface area (Å²) in [7, 11) is 1.60. The molecule has 1 N–H and O–H groups in total. The van der Waals surface area contributed by atoms with Crippen LogP contribution in [-0.2, 0) is 4.79 Å². The van der Waals surface area contributed by atoms with Crippen molar-refractivity contribution in [2.75, 3.05) is 7.11 Å². The van der Waals surface area contributed by atoms with E-state index < -0.39 is 0 Å². The highest BCUT2D eigenvalue weighted by Gasteiger charge is 2.25. The Bertz CT molecular complexity index is 1230. The molecule has 3 aromatic rings. The average Bonchev–Trinajstić information content (AvgIpc) is 3.21. The Labute approximate surface area is 192 Å². The normalized spacial score (nSPS) is 16.2. The molecule has 0 aliphatic carbocycles. The van der Waals surface area contributed by atoms with E-state index in [9.17, 15) is 9.18 Å². The van der Waals surface area contributed by atoms with Gasteiger partial charge in [0, 0.05) is 15.9 Å². The molecule has 31 heavy (non-hydrogen) atoms. The van der Waals surface area contributed by atoms with E-state index >= 15 is 0 Å². The minimum atomic E-state index is -0.322. The van der Waals surface area contributed by atoms with Crippen LogP contribution in [0.15, 0.2) is 62.9 Å². The van der Waals surface area contributed by atoms with Gasteiger partial charge in [0.05, 0.1) is 23.4 Å². The third-order valence-corrected chi connectivity index (χ3v) is 6.26. The summed E-state index contributed by atoms with van der Waals surface area (Å²) < 4.78 is 22.2. The second-order valence-electron chi connectivity index (χ2n) is 6.94. The SMILES string of the molecule is COc1ccc(N=C2NC(=O)/C(=C\c3cc(C)n(-c4ccc(Br)cc4F)c3C)S2)cc1. The van der Waals surface area contributed by atoms with Crippen LogP contribution in [0.4, 0.5) is 10.1 Å². The smallest absolute Gasteiger partial charge is 0.264 e. The van der Waals surface area contributed by atoms with Crippen LogP contribution >= 0.6 is 27.7 Å². The molecular formula is C23H19BrFN3O2S. The molecule has 0 atom stereocenters. The summed E-state index contributed by atoms with van der Waals surface area (Å²) in [5, 5.41) is 3.30. The van der Waals surface area contributed by atoms with Crippen molar-refractivity contribution in [2.24, 2.45) is 4.99 Å². The number of nitrogens with zero attached hydrogens (tertiary/aromatic N) is 2. The quantitative estimate of drug-likeness (QED) is 0.455. The van der Waals surface area contributed by atoms with Gasteiger partial charge in [-0.2, -0.15) is 0 Å². The number of nitrogens with one attached hydrogen (secondary N) is 1. The molecule has 0 radical (unpaired) electrons. The van der Waals surface area contributed by atoms with E-state index in [-0.39, 0.29) is 11.7 Å². The number of halogens is 2. The van der Waals surface area contributed by atoms with Gasteiger partial charge in [-0.1, -0.05) is 15.9 Å². The fourth-order valence-electron chi connectivity index (χ4n) is 3.36. The van der Waals surface area contributed by atoms with Gasteiger partial charge >= 0.3 is 0 Å². The summed E-state index contributed by atoms with van der Waals surface area (Å²) in [4.78, 5) is 17.5. The van der Waals surface area contributed by atoms with Gasteiger partial charge in [-0.3, -0.25) is 4.79 Å². The summed E-state index contributed by atoms with van der Waals surface area (Å²) in [6.45, 7) is 3.82. The molecule has 1 saturated heterocycles. The van der Waals surface area contributed by atoms with Crippen LogP contribution in [0.25, 0.3) is 11.8 Å². The standard InChI is InChI=1S/C23H19BrFN3O2S/c1-13-10-15(14(2)28(13)20-9-4-16(24)12-19(20)25)11-21-22(29)27-23(31-21)26-17-5-7-18(30-3)8-6-17/h4-12H,1-3H3,(H,26,27,29)/b21-11+. The number of thioether (sulfide) groups is 1. The van der Waals surface area contributed by atoms with Crippen molar-refractivity contribution >= 4 is 50.5 Å². The predicted molar refractivity (Wildman–Crippen MR) is 127 cm³/mol. The third kappa shape index (κ3) is 4.45. The summed E-state index contributed by atoms with van der Waals surface area (Å²) in [5.41, 5.74) is 3.76. The third-order valence-electron chi connectivity index (χ3n) is 4.86. The number of aliphatic imine (C=N–C) groups is 1. The first-order valence-corrected chi connectivity index (χ1v) is 11.0. The van der Waals surface area contributed by atoms with Crippen LogP contribution in [0, 0.1) is 19.7 Å². The maximum absolute atomic E-state index is 14.5. The number of carbonyl (C=O) groups is 1. The van der Waals surface area contributed by atoms with Gasteiger partial charge in [0.2, 0.25) is 0 Å². The fourth-order valence-corrected chi connectivity index (χ4v) is 4.53. The van der Waals surface area contributed by atoms with E-state index in [0.29, 0.717) is 25.9 Å². The first-order chi connectivity index (χ1) is 14.9. The number of aromatic nitrogens is 1. The number of aryl methyl sites for hydroxylation is 1. The van der Waals surface area contributed by atoms with E-state index in [0.717, 1.165) is 22.7 Å². The van der Waals surface area contributed by atoms with Gasteiger partial charge in [-0.25, -0.2) is 9.38 Å². The number of hydrogen-bond acceptors (Lipinski definition) is 4. The number of methoxy groups -OCH3 is 1. The van der Waals surface area contributed by atoms with Gasteiger partial charge in [-0.15, -0.1) is 0 Å². The highest BCUT2D eigenvalue weighted by molar-refractivity contribution is 9.10. The molecule has 1 aliphatic rings. The molecule has 1 fully saturated rings. The highest BCUT2D eigenvalue weighted by atomic mass is 79.9. The topological polar surface area (TPSA) is 55.6 Å². The molecule has 0 bridgehead atoms. The van der Waals surface area contributed by atoms with Gasteiger partial charge in [0.15, 0.2) is 5.17 Å². The molecular weight excluding hydrogens is 481 g/mol. The lowest BCUT2D eigenvalue weighted by Crippen LogP contribution is -2.19. The largest absolute Gasteiger partial charge is 0.497 e. The van der Waals surface area contributed by atoms with Crippen LogP contribution in [0.2, 0.25) is 0 Å². The van der Waals surface area contributed by atoms with E-state index in [4.69, 9.17) is 4.74 Å². The fraction of sp³-hybridized carbons (Fsp3) is 0.130. The Hall–Kier alpha value is -2.84. The van der Waals surface area contributed by atoms with Gasteiger partial charge in [0.25, 0.3) is 5.91 Å². The van der Waals surface area contributed by atoms with Crippen molar-refractivity contribution in [1.29, 1.82) is 0 Å². The monoisotopic (exact) mass is 499 g/mol. The van der Waals surface area contributed by atoms with Crippen molar-refractivity contribution in [3.63, 3.8) is 0 Å². The molecule has 1 aromatic heterocycles. The molecule has 1 aliphatic heterocycles. The summed E-state index contributed by atoms with van der Waals surface area (Å²) in [5.74, 6) is 0.208. The number of ether oxygens (including phenoxy) is 1. The van der Waals surface area contributed by atoms with E-state index in [1.807, 2.05) is 54.8 Å². The zero-order valence-corrected chi connectivity index (χ0v) is 19.5. The van der Waals surface area contributed by atoms with Gasteiger partial charge in [-0.05, 0) is 85.8 Å². The Morgan fingerprint density at radius 2 is 1.90 bits per heavy atom. The van der Waals surface area contributed by atoms with Crippen molar-refractivity contribution in [1.82, 2.24) is 9.88 Å². The molecule has 0 spiro atoms. The van der Waals surface area contributed by atoms with Crippen molar-refractivity contribution in [2.45, 2.75) is 13.8 Å². The Morgan fingerprint density at radius 1 is 1.16 bits per heavy atom. The Morgan fingerprint density at radius 3 is 2.58 bits per heavy atom. The van der Waals surface area contributed by atoms with E-state index in [2.05, 4.69) is 26.2 Å². The molecule has 2 aromatic carbocycles. The zero-order chi connectivity index (χ0) is 22.1. The first-order valence-electron chi connectivity index (χ1n) is 9.43. The summed E-state index contributed by atoms with van der Waals surface area (Å²) in [6, 6.07) is 14.2. The lowest BCUT2D eigenvalue weighted by molar-refractivity contribution is -0.115. The summed E-state index contributed by atoms with van der Waals surface area (Å²) >= 11 is 4.56. The maximum atomic E-state index is 14.5. The summed E-state index contributed by atoms with van der Waals surface area (Å²) in [6.07, 6.45) is 1.81. The van der Waals surface area contributed by atoms with Crippen molar-refractivity contribution in [3.8, 4) is 11.4 Å². The molecule has 5 nitrogen and oxygen atoms in total. The number of carbonyl (C=O) groups excluding carboxylic acids is 1. The number of amidine groups is 1. The molecule has 4 rings (SSSR count). The van der Waals surface area contributed by atoms with Gasteiger partial charge < -0.3 is 14.6 Å². The minimum Gasteiger partial charge on any atom is -0.497 e. The van der Waals surface area contributed by atoms with Crippen LogP contribution < -0.4 is 10.1 Å². The second kappa shape index (κ2) is 8.72. The molecule has 8 heteroatoms. The van der Waals surface area contributed by atoms with Crippen LogP contribution in [0.1, 0.15) is 17.0 Å². The van der Waals surface area contributed by atoms with Crippen molar-refractivity contribution in [3.05, 3.63) is 80.7 Å². The first kappa shape index (κ1) is 21.4. The van der Waals surface area contributed by atoms with Crippen LogP contribution in [-0.4, -0.2) is 22.8 Å². The highest BCUT2D eigenvalue weighted by Crippen LogP contribution is 2.31. The van der Waals surface area contributed by atoms with E-state index in [1.54, 1.807) is 19.2 Å². The van der Waals surface area contributed by atoms with E-state index in [1.165, 1.54) is 17.8 Å². The molecule has 1 amide bonds. The lowest BCUT2D eigenvalue weighted by atomic mass is 10.2. The molecule has 158 valence electrons. The minimum absolute atomic E-state index is 0.211. The lowest BCUT2D eigenvalue weighted by Gasteiger charge is -2.11. The van der Waals surface area contributed by atoms with Crippen LogP contribution in [0.3, 0.4) is 0 Å². The number of amides is 1. The number of benzene rings is 2. The van der Waals surface area contributed by atoms with Crippen molar-refractivity contribution < 1.29 is 13.9 Å². The Balaban J connectivity index is 1.63. The maximum Gasteiger partial charge on any atom is 0.264 e. The zero-order valence-electron chi connectivity index (χ0n) is 17.1. The number of rotatable bonds is 4.